The molecule has 1 spiro atoms. The van der Waals surface area contributed by atoms with Crippen LogP contribution in [0, 0.1) is 17.5 Å². The lowest BCUT2D eigenvalue weighted by Crippen LogP contribution is -2.38. The van der Waals surface area contributed by atoms with Crippen LogP contribution in [0.25, 0.3) is 11.3 Å². The Morgan fingerprint density at radius 2 is 1.94 bits per heavy atom. The number of hydrogen-bond acceptors (Lipinski definition) is 4. The Hall–Kier alpha value is -3.49. The van der Waals surface area contributed by atoms with E-state index in [0.717, 1.165) is 42.8 Å². The minimum atomic E-state index is -1.50. The molecule has 1 saturated carbocycles. The molecule has 3 heterocycles. The first-order valence-corrected chi connectivity index (χ1v) is 10.9. The molecule has 0 bridgehead atoms. The van der Waals surface area contributed by atoms with Gasteiger partial charge in [-0.05, 0) is 43.5 Å². The first-order chi connectivity index (χ1) is 15.8. The van der Waals surface area contributed by atoms with E-state index in [1.54, 1.807) is 18.0 Å². The van der Waals surface area contributed by atoms with Gasteiger partial charge in [0.1, 0.15) is 5.60 Å². The average molecular weight is 454 g/mol. The fourth-order valence-corrected chi connectivity index (χ4v) is 4.80. The normalized spacial score (nSPS) is 17.8. The highest BCUT2D eigenvalue weighted by atomic mass is 19.2. The summed E-state index contributed by atoms with van der Waals surface area (Å²) in [4.78, 5) is 15.2. The minimum absolute atomic E-state index is 0.150. The van der Waals surface area contributed by atoms with Gasteiger partial charge in [-0.2, -0.15) is 5.10 Å². The van der Waals surface area contributed by atoms with Crippen LogP contribution in [-0.4, -0.2) is 39.3 Å². The van der Waals surface area contributed by atoms with Crippen LogP contribution in [0.4, 0.5) is 18.9 Å². The third kappa shape index (κ3) is 3.17. The second-order valence-electron chi connectivity index (χ2n) is 8.95. The molecule has 9 heteroatoms. The molecule has 0 atom stereocenters. The molecule has 1 amide bonds. The summed E-state index contributed by atoms with van der Waals surface area (Å²) in [5, 5.41) is 7.87. The molecular formula is C24H21F3N4O2. The molecule has 1 aliphatic carbocycles. The average Bonchev–Trinajstić information content (AvgIpc) is 3.46. The second kappa shape index (κ2) is 7.00. The Balaban J connectivity index is 1.31. The lowest BCUT2D eigenvalue weighted by atomic mass is 9.98. The van der Waals surface area contributed by atoms with Gasteiger partial charge >= 0.3 is 0 Å². The summed E-state index contributed by atoms with van der Waals surface area (Å²) in [6.07, 6.45) is 2.40. The van der Waals surface area contributed by atoms with Crippen molar-refractivity contribution in [3.63, 3.8) is 0 Å². The topological polar surface area (TPSA) is 59.4 Å². The van der Waals surface area contributed by atoms with Crippen molar-refractivity contribution in [3.8, 4) is 17.0 Å². The van der Waals surface area contributed by atoms with Crippen LogP contribution in [0.15, 0.2) is 30.3 Å². The fraction of sp³-hybridized carbons (Fsp3) is 0.333. The number of anilines is 1. The van der Waals surface area contributed by atoms with Crippen molar-refractivity contribution in [1.82, 2.24) is 14.7 Å². The van der Waals surface area contributed by atoms with Gasteiger partial charge in [0, 0.05) is 24.7 Å². The number of aromatic nitrogens is 2. The molecule has 33 heavy (non-hydrogen) atoms. The summed E-state index contributed by atoms with van der Waals surface area (Å²) < 4.78 is 48.9. The standard InChI is InChI=1S/C24H21F3N4O2/c1-30-21(13-9-16(25)20(27)17(26)10-13)14-5-8-31(11-19(14)29-30)23(32)15-3-2-4-18-22(15)33-24(6-7-24)12-28-18/h2-4,9-10,28H,5-8,11-12H2,1H3. The Bertz CT molecular complexity index is 1290. The van der Waals surface area contributed by atoms with E-state index in [-0.39, 0.29) is 23.6 Å². The van der Waals surface area contributed by atoms with Gasteiger partial charge in [0.2, 0.25) is 0 Å². The van der Waals surface area contributed by atoms with Gasteiger partial charge in [0.25, 0.3) is 5.91 Å². The van der Waals surface area contributed by atoms with Crippen LogP contribution in [0.2, 0.25) is 0 Å². The van der Waals surface area contributed by atoms with Gasteiger partial charge in [0.05, 0.1) is 35.7 Å². The van der Waals surface area contributed by atoms with Crippen LogP contribution in [0.5, 0.6) is 5.75 Å². The van der Waals surface area contributed by atoms with Crippen LogP contribution >= 0.6 is 0 Å². The predicted molar refractivity (Wildman–Crippen MR) is 114 cm³/mol. The number of hydrogen-bond donors (Lipinski definition) is 1. The molecule has 6 nitrogen and oxygen atoms in total. The molecule has 170 valence electrons. The van der Waals surface area contributed by atoms with E-state index in [4.69, 9.17) is 4.74 Å². The van der Waals surface area contributed by atoms with Crippen LogP contribution in [0.3, 0.4) is 0 Å². The number of rotatable bonds is 2. The molecule has 2 aromatic carbocycles. The number of nitrogens with one attached hydrogen (secondary N) is 1. The van der Waals surface area contributed by atoms with Crippen LogP contribution in [0.1, 0.15) is 34.5 Å². The third-order valence-corrected chi connectivity index (χ3v) is 6.72. The van der Waals surface area contributed by atoms with E-state index >= 15 is 0 Å². The van der Waals surface area contributed by atoms with Gasteiger partial charge in [0.15, 0.2) is 23.2 Å². The van der Waals surface area contributed by atoms with Gasteiger partial charge in [-0.3, -0.25) is 9.48 Å². The van der Waals surface area contributed by atoms with Crippen molar-refractivity contribution in [1.29, 1.82) is 0 Å². The van der Waals surface area contributed by atoms with Gasteiger partial charge in [-0.15, -0.1) is 0 Å². The summed E-state index contributed by atoms with van der Waals surface area (Å²) >= 11 is 0. The molecule has 3 aliphatic rings. The minimum Gasteiger partial charge on any atom is -0.482 e. The summed E-state index contributed by atoms with van der Waals surface area (Å²) in [5.41, 5.74) is 3.32. The van der Waals surface area contributed by atoms with Gasteiger partial charge in [-0.25, -0.2) is 13.2 Å². The number of carbonyl (C=O) groups is 1. The van der Waals surface area contributed by atoms with Crippen LogP contribution in [-0.2, 0) is 20.0 Å². The zero-order valence-electron chi connectivity index (χ0n) is 17.9. The maximum atomic E-state index is 13.8. The molecular weight excluding hydrogens is 433 g/mol. The summed E-state index contributed by atoms with van der Waals surface area (Å²) in [6.45, 7) is 1.42. The lowest BCUT2D eigenvalue weighted by Gasteiger charge is -2.31. The molecule has 6 rings (SSSR count). The second-order valence-corrected chi connectivity index (χ2v) is 8.95. The Kier molecular flexibility index (Phi) is 4.27. The molecule has 0 unspecified atom stereocenters. The summed E-state index contributed by atoms with van der Waals surface area (Å²) in [6, 6.07) is 7.46. The van der Waals surface area contributed by atoms with E-state index in [2.05, 4.69) is 10.4 Å². The lowest BCUT2D eigenvalue weighted by molar-refractivity contribution is 0.0723. The SMILES string of the molecule is Cn1nc2c(c1-c1cc(F)c(F)c(F)c1)CCN(C(=O)c1cccc3c1OC1(CC1)CN3)C2. The van der Waals surface area contributed by atoms with E-state index < -0.39 is 17.5 Å². The highest BCUT2D eigenvalue weighted by molar-refractivity contribution is 5.99. The number of nitrogens with zero attached hydrogens (tertiary/aromatic N) is 3. The van der Waals surface area contributed by atoms with Crippen molar-refractivity contribution >= 4 is 11.6 Å². The van der Waals surface area contributed by atoms with E-state index in [1.165, 1.54) is 4.68 Å². The predicted octanol–water partition coefficient (Wildman–Crippen LogP) is 4.04. The van der Waals surface area contributed by atoms with Crippen LogP contribution < -0.4 is 10.1 Å². The molecule has 0 saturated heterocycles. The first kappa shape index (κ1) is 20.1. The van der Waals surface area contributed by atoms with E-state index in [0.29, 0.717) is 35.7 Å². The molecule has 1 fully saturated rings. The number of carbonyl (C=O) groups excluding carboxylic acids is 1. The number of halogens is 3. The molecule has 1 aromatic heterocycles. The van der Waals surface area contributed by atoms with Crippen molar-refractivity contribution in [2.24, 2.45) is 7.05 Å². The Morgan fingerprint density at radius 1 is 1.18 bits per heavy atom. The Labute approximate surface area is 188 Å². The maximum absolute atomic E-state index is 13.8. The number of fused-ring (bicyclic) bond motifs is 2. The molecule has 3 aromatic rings. The smallest absolute Gasteiger partial charge is 0.258 e. The maximum Gasteiger partial charge on any atom is 0.258 e. The highest BCUT2D eigenvalue weighted by Crippen LogP contribution is 2.47. The zero-order chi connectivity index (χ0) is 22.9. The van der Waals surface area contributed by atoms with Crippen molar-refractivity contribution in [2.45, 2.75) is 31.4 Å². The van der Waals surface area contributed by atoms with Gasteiger partial charge in [-0.1, -0.05) is 6.07 Å². The fourth-order valence-electron chi connectivity index (χ4n) is 4.80. The number of ether oxygens (including phenoxy) is 1. The Morgan fingerprint density at radius 3 is 2.67 bits per heavy atom. The quantitative estimate of drug-likeness (QED) is 0.594. The zero-order valence-corrected chi connectivity index (χ0v) is 17.9. The third-order valence-electron chi connectivity index (χ3n) is 6.72. The number of benzene rings is 2. The number of amides is 1. The van der Waals surface area contributed by atoms with Crippen molar-refractivity contribution < 1.29 is 22.7 Å². The summed E-state index contributed by atoms with van der Waals surface area (Å²) in [7, 11) is 1.67. The highest BCUT2D eigenvalue weighted by Gasteiger charge is 2.48. The number of aryl methyl sites for hydroxylation is 1. The van der Waals surface area contributed by atoms with E-state index in [1.807, 2.05) is 12.1 Å². The van der Waals surface area contributed by atoms with E-state index in [9.17, 15) is 18.0 Å². The first-order valence-electron chi connectivity index (χ1n) is 10.9. The largest absolute Gasteiger partial charge is 0.482 e. The number of para-hydroxylation sites is 1. The summed E-state index contributed by atoms with van der Waals surface area (Å²) in [5.74, 6) is -3.55. The molecule has 2 aliphatic heterocycles. The molecule has 0 radical (unpaired) electrons. The van der Waals surface area contributed by atoms with Crippen molar-refractivity contribution in [2.75, 3.05) is 18.4 Å². The van der Waals surface area contributed by atoms with Crippen molar-refractivity contribution in [3.05, 3.63) is 64.6 Å². The monoisotopic (exact) mass is 454 g/mol. The van der Waals surface area contributed by atoms with Gasteiger partial charge < -0.3 is 15.0 Å². The molecule has 1 N–H and O–H groups in total.